The smallest absolute Gasteiger partial charge is 0.269 e. The van der Waals surface area contributed by atoms with Crippen molar-refractivity contribution in [2.45, 2.75) is 24.3 Å². The monoisotopic (exact) mass is 270 g/mol. The maximum absolute atomic E-state index is 12.1. The van der Waals surface area contributed by atoms with Crippen LogP contribution in [0.2, 0.25) is 0 Å². The average Bonchev–Trinajstić information content (AvgIpc) is 2.45. The zero-order valence-electron chi connectivity index (χ0n) is 9.83. The van der Waals surface area contributed by atoms with E-state index in [0.29, 0.717) is 5.69 Å². The average molecular weight is 270 g/mol. The standard InChI is InChI=1S/C11H14N2O4S/c1-7(14)4-5-13-11(15)9-3-2-8(12)6-10(9)18(13,16)17/h2-3,6-7,14H,4-5,12H2,1H3. The minimum Gasteiger partial charge on any atom is -0.399 e. The lowest BCUT2D eigenvalue weighted by Crippen LogP contribution is -2.32. The molecule has 0 aromatic heterocycles. The van der Waals surface area contributed by atoms with Crippen molar-refractivity contribution in [2.75, 3.05) is 12.3 Å². The van der Waals surface area contributed by atoms with Gasteiger partial charge in [0.1, 0.15) is 4.90 Å². The van der Waals surface area contributed by atoms with Crippen molar-refractivity contribution in [2.24, 2.45) is 0 Å². The summed E-state index contributed by atoms with van der Waals surface area (Å²) in [6.45, 7) is 1.51. The molecule has 0 radical (unpaired) electrons. The van der Waals surface area contributed by atoms with E-state index < -0.39 is 22.0 Å². The minimum atomic E-state index is -3.82. The van der Waals surface area contributed by atoms with E-state index in [9.17, 15) is 18.3 Å². The number of fused-ring (bicyclic) bond motifs is 1. The van der Waals surface area contributed by atoms with E-state index in [2.05, 4.69) is 0 Å². The van der Waals surface area contributed by atoms with Crippen LogP contribution in [0, 0.1) is 0 Å². The third-order valence-corrected chi connectivity index (χ3v) is 4.60. The summed E-state index contributed by atoms with van der Waals surface area (Å²) in [5.74, 6) is -0.564. The number of hydrogen-bond donors (Lipinski definition) is 2. The number of nitrogens with two attached hydrogens (primary N) is 1. The predicted molar refractivity (Wildman–Crippen MR) is 65.4 cm³/mol. The van der Waals surface area contributed by atoms with Crippen molar-refractivity contribution in [3.05, 3.63) is 23.8 Å². The summed E-state index contributed by atoms with van der Waals surface area (Å²) in [4.78, 5) is 11.9. The van der Waals surface area contributed by atoms with Gasteiger partial charge in [-0.1, -0.05) is 0 Å². The number of carbonyl (C=O) groups is 1. The van der Waals surface area contributed by atoms with Crippen molar-refractivity contribution in [3.63, 3.8) is 0 Å². The fourth-order valence-electron chi connectivity index (χ4n) is 1.82. The molecule has 0 spiro atoms. The zero-order chi connectivity index (χ0) is 13.5. The van der Waals surface area contributed by atoms with E-state index in [1.807, 2.05) is 0 Å². The Morgan fingerprint density at radius 3 is 2.72 bits per heavy atom. The normalized spacial score (nSPS) is 18.8. The largest absolute Gasteiger partial charge is 0.399 e. The number of sulfonamides is 1. The summed E-state index contributed by atoms with van der Waals surface area (Å²) in [5.41, 5.74) is 5.96. The Bertz CT molecular complexity index is 595. The summed E-state index contributed by atoms with van der Waals surface area (Å²) in [7, 11) is -3.82. The molecular weight excluding hydrogens is 256 g/mol. The van der Waals surface area contributed by atoms with Gasteiger partial charge in [0, 0.05) is 12.2 Å². The van der Waals surface area contributed by atoms with E-state index in [1.165, 1.54) is 25.1 Å². The third-order valence-electron chi connectivity index (χ3n) is 2.78. The van der Waals surface area contributed by atoms with E-state index in [4.69, 9.17) is 5.73 Å². The van der Waals surface area contributed by atoms with Gasteiger partial charge in [0.05, 0.1) is 11.7 Å². The number of nitrogen functional groups attached to an aromatic ring is 1. The number of benzene rings is 1. The minimum absolute atomic E-state index is 0.0343. The van der Waals surface area contributed by atoms with Gasteiger partial charge < -0.3 is 10.8 Å². The number of amides is 1. The molecule has 1 unspecified atom stereocenters. The van der Waals surface area contributed by atoms with E-state index in [1.54, 1.807) is 0 Å². The lowest BCUT2D eigenvalue weighted by Gasteiger charge is -2.15. The number of anilines is 1. The Balaban J connectivity index is 2.42. The number of aliphatic hydroxyl groups excluding tert-OH is 1. The van der Waals surface area contributed by atoms with Crippen molar-refractivity contribution < 1.29 is 18.3 Å². The number of hydrogen-bond acceptors (Lipinski definition) is 5. The lowest BCUT2D eigenvalue weighted by atomic mass is 10.2. The molecule has 0 saturated carbocycles. The highest BCUT2D eigenvalue weighted by atomic mass is 32.2. The summed E-state index contributed by atoms with van der Waals surface area (Å²) < 4.78 is 25.0. The maximum atomic E-state index is 12.1. The second-order valence-corrected chi connectivity index (χ2v) is 6.11. The Morgan fingerprint density at radius 2 is 2.11 bits per heavy atom. The molecule has 1 atom stereocenters. The van der Waals surface area contributed by atoms with Crippen LogP contribution in [0.1, 0.15) is 23.7 Å². The Labute approximate surface area is 105 Å². The third kappa shape index (κ3) is 1.95. The molecule has 1 amide bonds. The van der Waals surface area contributed by atoms with Gasteiger partial charge in [-0.2, -0.15) is 0 Å². The van der Waals surface area contributed by atoms with Gasteiger partial charge in [-0.05, 0) is 31.5 Å². The second kappa shape index (κ2) is 4.25. The lowest BCUT2D eigenvalue weighted by molar-refractivity contribution is 0.0854. The Kier molecular flexibility index (Phi) is 3.04. The molecule has 2 rings (SSSR count). The summed E-state index contributed by atoms with van der Waals surface area (Å²) in [5, 5.41) is 9.18. The molecule has 6 nitrogen and oxygen atoms in total. The molecule has 0 bridgehead atoms. The number of nitrogens with zero attached hydrogens (tertiary/aromatic N) is 1. The first-order valence-electron chi connectivity index (χ1n) is 5.48. The molecule has 1 aromatic rings. The predicted octanol–water partition coefficient (Wildman–Crippen LogP) is 0.184. The Hall–Kier alpha value is -1.60. The number of carbonyl (C=O) groups excluding carboxylic acids is 1. The summed E-state index contributed by atoms with van der Waals surface area (Å²) >= 11 is 0. The van der Waals surface area contributed by atoms with Gasteiger partial charge in [0.15, 0.2) is 0 Å². The SMILES string of the molecule is CC(O)CCN1C(=O)c2ccc(N)cc2S1(=O)=O. The van der Waals surface area contributed by atoms with E-state index >= 15 is 0 Å². The van der Waals surface area contributed by atoms with Crippen LogP contribution in [0.5, 0.6) is 0 Å². The fourth-order valence-corrected chi connectivity index (χ4v) is 3.44. The van der Waals surface area contributed by atoms with Gasteiger partial charge in [0.2, 0.25) is 0 Å². The highest BCUT2D eigenvalue weighted by Gasteiger charge is 2.40. The molecule has 1 heterocycles. The highest BCUT2D eigenvalue weighted by molar-refractivity contribution is 7.90. The molecule has 7 heteroatoms. The summed E-state index contributed by atoms with van der Waals surface area (Å²) in [6, 6.07) is 4.18. The van der Waals surface area contributed by atoms with Crippen molar-refractivity contribution >= 4 is 21.6 Å². The van der Waals surface area contributed by atoms with Gasteiger partial charge in [-0.25, -0.2) is 12.7 Å². The van der Waals surface area contributed by atoms with Crippen molar-refractivity contribution in [3.8, 4) is 0 Å². The van der Waals surface area contributed by atoms with Crippen LogP contribution in [0.25, 0.3) is 0 Å². The quantitative estimate of drug-likeness (QED) is 0.763. The number of aliphatic hydroxyl groups is 1. The van der Waals surface area contributed by atoms with Crippen LogP contribution >= 0.6 is 0 Å². The molecule has 0 aliphatic carbocycles. The molecule has 18 heavy (non-hydrogen) atoms. The molecule has 0 saturated heterocycles. The molecule has 1 aromatic carbocycles. The Morgan fingerprint density at radius 1 is 1.44 bits per heavy atom. The van der Waals surface area contributed by atoms with Crippen molar-refractivity contribution in [1.82, 2.24) is 4.31 Å². The molecule has 1 aliphatic heterocycles. The van der Waals surface area contributed by atoms with Crippen LogP contribution in [0.4, 0.5) is 5.69 Å². The van der Waals surface area contributed by atoms with E-state index in [0.717, 1.165) is 4.31 Å². The van der Waals surface area contributed by atoms with Gasteiger partial charge in [-0.15, -0.1) is 0 Å². The first-order valence-corrected chi connectivity index (χ1v) is 6.92. The molecule has 0 fully saturated rings. The first kappa shape index (κ1) is 12.8. The highest BCUT2D eigenvalue weighted by Crippen LogP contribution is 2.31. The molecular formula is C11H14N2O4S. The number of rotatable bonds is 3. The molecule has 1 aliphatic rings. The first-order chi connectivity index (χ1) is 8.34. The second-order valence-electron chi connectivity index (χ2n) is 4.28. The van der Waals surface area contributed by atoms with Crippen molar-refractivity contribution in [1.29, 1.82) is 0 Å². The van der Waals surface area contributed by atoms with Gasteiger partial charge >= 0.3 is 0 Å². The molecule has 98 valence electrons. The maximum Gasteiger partial charge on any atom is 0.269 e. The van der Waals surface area contributed by atoms with Crippen LogP contribution in [0.15, 0.2) is 23.1 Å². The fraction of sp³-hybridized carbons (Fsp3) is 0.364. The molecule has 3 N–H and O–H groups in total. The van der Waals surface area contributed by atoms with Crippen LogP contribution in [-0.4, -0.2) is 36.4 Å². The topological polar surface area (TPSA) is 101 Å². The van der Waals surface area contributed by atoms with Crippen LogP contribution in [0.3, 0.4) is 0 Å². The van der Waals surface area contributed by atoms with Gasteiger partial charge in [-0.3, -0.25) is 4.79 Å². The zero-order valence-corrected chi connectivity index (χ0v) is 10.6. The van der Waals surface area contributed by atoms with Gasteiger partial charge in [0.25, 0.3) is 15.9 Å². The summed E-state index contributed by atoms with van der Waals surface area (Å²) in [6.07, 6.45) is -0.462. The van der Waals surface area contributed by atoms with E-state index in [-0.39, 0.29) is 23.4 Å². The van der Waals surface area contributed by atoms with Crippen LogP contribution in [-0.2, 0) is 10.0 Å². The van der Waals surface area contributed by atoms with Crippen LogP contribution < -0.4 is 5.73 Å².